The molecule has 1 heterocycles. The van der Waals surface area contributed by atoms with Crippen molar-refractivity contribution < 1.29 is 4.79 Å². The predicted octanol–water partition coefficient (Wildman–Crippen LogP) is 3.25. The first-order valence-corrected chi connectivity index (χ1v) is 5.77. The minimum atomic E-state index is -0.237. The molecule has 2 aromatic rings. The van der Waals surface area contributed by atoms with Crippen LogP contribution in [0.2, 0.25) is 10.0 Å². The van der Waals surface area contributed by atoms with E-state index in [2.05, 4.69) is 10.3 Å². The summed E-state index contributed by atoms with van der Waals surface area (Å²) >= 11 is 11.7. The van der Waals surface area contributed by atoms with Gasteiger partial charge in [0.05, 0.1) is 10.6 Å². The summed E-state index contributed by atoms with van der Waals surface area (Å²) in [4.78, 5) is 14.8. The third-order valence-corrected chi connectivity index (χ3v) is 2.85. The Morgan fingerprint density at radius 1 is 1.29 bits per heavy atom. The molecule has 0 unspecified atom stereocenters. The Morgan fingerprint density at radius 3 is 2.82 bits per heavy atom. The molecule has 0 bridgehead atoms. The van der Waals surface area contributed by atoms with E-state index in [1.807, 2.05) is 12.3 Å². The van der Waals surface area contributed by atoms with Crippen molar-refractivity contribution in [3.05, 3.63) is 57.8 Å². The molecular formula is C12H10Cl2N2O. The lowest BCUT2D eigenvalue weighted by molar-refractivity contribution is 0.0951. The van der Waals surface area contributed by atoms with Crippen LogP contribution in [-0.2, 0) is 6.54 Å². The quantitative estimate of drug-likeness (QED) is 0.882. The maximum absolute atomic E-state index is 11.8. The van der Waals surface area contributed by atoms with Gasteiger partial charge in [-0.25, -0.2) is 0 Å². The molecule has 5 heteroatoms. The second-order valence-electron chi connectivity index (χ2n) is 3.53. The lowest BCUT2D eigenvalue weighted by Gasteiger charge is -2.06. The molecule has 0 saturated heterocycles. The molecule has 0 aliphatic carbocycles. The van der Waals surface area contributed by atoms with Crippen LogP contribution in [0.3, 0.4) is 0 Å². The summed E-state index contributed by atoms with van der Waals surface area (Å²) < 4.78 is 0. The van der Waals surface area contributed by atoms with Gasteiger partial charge in [0.1, 0.15) is 0 Å². The number of H-pyrrole nitrogens is 1. The van der Waals surface area contributed by atoms with Crippen LogP contribution >= 0.6 is 23.2 Å². The van der Waals surface area contributed by atoms with Crippen molar-refractivity contribution in [3.8, 4) is 0 Å². The Bertz CT molecular complexity index is 523. The van der Waals surface area contributed by atoms with Crippen LogP contribution in [-0.4, -0.2) is 10.9 Å². The summed E-state index contributed by atoms with van der Waals surface area (Å²) in [6.07, 6.45) is 3.62. The van der Waals surface area contributed by atoms with Crippen molar-refractivity contribution in [2.45, 2.75) is 6.54 Å². The molecule has 2 N–H and O–H groups in total. The molecular weight excluding hydrogens is 259 g/mol. The summed E-state index contributed by atoms with van der Waals surface area (Å²) in [5.41, 5.74) is 1.38. The van der Waals surface area contributed by atoms with E-state index < -0.39 is 0 Å². The highest BCUT2D eigenvalue weighted by Crippen LogP contribution is 2.20. The summed E-state index contributed by atoms with van der Waals surface area (Å²) in [5.74, 6) is -0.237. The van der Waals surface area contributed by atoms with E-state index in [9.17, 15) is 4.79 Å². The van der Waals surface area contributed by atoms with E-state index >= 15 is 0 Å². The van der Waals surface area contributed by atoms with Gasteiger partial charge in [-0.1, -0.05) is 23.2 Å². The van der Waals surface area contributed by atoms with Gasteiger partial charge in [0.25, 0.3) is 5.91 Å². The first-order valence-electron chi connectivity index (χ1n) is 5.02. The average Bonchev–Trinajstić information content (AvgIpc) is 2.82. The third-order valence-electron chi connectivity index (χ3n) is 2.29. The monoisotopic (exact) mass is 268 g/mol. The fraction of sp³-hybridized carbons (Fsp3) is 0.0833. The molecule has 2 rings (SSSR count). The van der Waals surface area contributed by atoms with Gasteiger partial charge in [0, 0.05) is 24.0 Å². The van der Waals surface area contributed by atoms with Gasteiger partial charge in [-0.2, -0.15) is 0 Å². The van der Waals surface area contributed by atoms with Crippen molar-refractivity contribution in [2.24, 2.45) is 0 Å². The summed E-state index contributed by atoms with van der Waals surface area (Å²) in [6.45, 7) is 0.450. The SMILES string of the molecule is O=C(NCc1cc[nH]c1)c1cc(Cl)ccc1Cl. The summed E-state index contributed by atoms with van der Waals surface area (Å²) in [6, 6.07) is 6.69. The van der Waals surface area contributed by atoms with E-state index in [1.165, 1.54) is 0 Å². The molecule has 0 fully saturated rings. The number of hydrogen-bond donors (Lipinski definition) is 2. The van der Waals surface area contributed by atoms with Crippen LogP contribution in [0, 0.1) is 0 Å². The van der Waals surface area contributed by atoms with E-state index in [-0.39, 0.29) is 5.91 Å². The average molecular weight is 269 g/mol. The molecule has 3 nitrogen and oxygen atoms in total. The van der Waals surface area contributed by atoms with Crippen LogP contribution < -0.4 is 5.32 Å². The van der Waals surface area contributed by atoms with Crippen LogP contribution in [0.1, 0.15) is 15.9 Å². The molecule has 1 amide bonds. The molecule has 1 aromatic carbocycles. The molecule has 88 valence electrons. The Morgan fingerprint density at radius 2 is 2.12 bits per heavy atom. The third kappa shape index (κ3) is 3.02. The number of aromatic amines is 1. The Hall–Kier alpha value is -1.45. The number of carbonyl (C=O) groups is 1. The lowest BCUT2D eigenvalue weighted by Crippen LogP contribution is -2.22. The molecule has 0 spiro atoms. The van der Waals surface area contributed by atoms with Crippen molar-refractivity contribution >= 4 is 29.1 Å². The van der Waals surface area contributed by atoms with Crippen molar-refractivity contribution in [3.63, 3.8) is 0 Å². The topological polar surface area (TPSA) is 44.9 Å². The largest absolute Gasteiger partial charge is 0.367 e. The van der Waals surface area contributed by atoms with Crippen LogP contribution in [0.25, 0.3) is 0 Å². The zero-order valence-corrected chi connectivity index (χ0v) is 10.3. The normalized spacial score (nSPS) is 10.2. The number of halogens is 2. The van der Waals surface area contributed by atoms with Gasteiger partial charge in [-0.05, 0) is 29.8 Å². The first kappa shape index (κ1) is 12.0. The minimum Gasteiger partial charge on any atom is -0.367 e. The highest BCUT2D eigenvalue weighted by molar-refractivity contribution is 6.35. The number of rotatable bonds is 3. The number of nitrogens with one attached hydrogen (secondary N) is 2. The van der Waals surface area contributed by atoms with Gasteiger partial charge in [0.2, 0.25) is 0 Å². The van der Waals surface area contributed by atoms with Crippen LogP contribution in [0.15, 0.2) is 36.7 Å². The van der Waals surface area contributed by atoms with Gasteiger partial charge < -0.3 is 10.3 Å². The van der Waals surface area contributed by atoms with Crippen molar-refractivity contribution in [1.29, 1.82) is 0 Å². The highest BCUT2D eigenvalue weighted by Gasteiger charge is 2.10. The Kier molecular flexibility index (Phi) is 3.71. The first-order chi connectivity index (χ1) is 8.16. The summed E-state index contributed by atoms with van der Waals surface area (Å²) in [7, 11) is 0. The lowest BCUT2D eigenvalue weighted by atomic mass is 10.2. The molecule has 17 heavy (non-hydrogen) atoms. The summed E-state index contributed by atoms with van der Waals surface area (Å²) in [5, 5.41) is 3.64. The van der Waals surface area contributed by atoms with E-state index in [0.29, 0.717) is 22.2 Å². The van der Waals surface area contributed by atoms with Crippen LogP contribution in [0.5, 0.6) is 0 Å². The van der Waals surface area contributed by atoms with Gasteiger partial charge in [0.15, 0.2) is 0 Å². The fourth-order valence-corrected chi connectivity index (χ4v) is 1.79. The molecule has 0 saturated carbocycles. The standard InChI is InChI=1S/C12H10Cl2N2O/c13-9-1-2-11(14)10(5-9)12(17)16-7-8-3-4-15-6-8/h1-6,15H,7H2,(H,16,17). The number of amides is 1. The number of hydrogen-bond acceptors (Lipinski definition) is 1. The molecule has 0 radical (unpaired) electrons. The maximum Gasteiger partial charge on any atom is 0.253 e. The number of aromatic nitrogens is 1. The Balaban J connectivity index is 2.07. The molecule has 0 aliphatic rings. The van der Waals surface area contributed by atoms with Crippen molar-refractivity contribution in [2.75, 3.05) is 0 Å². The van der Waals surface area contributed by atoms with Gasteiger partial charge >= 0.3 is 0 Å². The second kappa shape index (κ2) is 5.25. The maximum atomic E-state index is 11.8. The molecule has 0 aliphatic heterocycles. The van der Waals surface area contributed by atoms with Crippen LogP contribution in [0.4, 0.5) is 0 Å². The zero-order chi connectivity index (χ0) is 12.3. The molecule has 0 atom stereocenters. The smallest absolute Gasteiger partial charge is 0.253 e. The van der Waals surface area contributed by atoms with Gasteiger partial charge in [-0.15, -0.1) is 0 Å². The fourth-order valence-electron chi connectivity index (χ4n) is 1.42. The Labute approximate surface area is 109 Å². The van der Waals surface area contributed by atoms with E-state index in [0.717, 1.165) is 5.56 Å². The number of benzene rings is 1. The van der Waals surface area contributed by atoms with E-state index in [4.69, 9.17) is 23.2 Å². The molecule has 1 aromatic heterocycles. The predicted molar refractivity (Wildman–Crippen MR) is 68.4 cm³/mol. The number of carbonyl (C=O) groups excluding carboxylic acids is 1. The zero-order valence-electron chi connectivity index (χ0n) is 8.84. The minimum absolute atomic E-state index is 0.237. The van der Waals surface area contributed by atoms with E-state index in [1.54, 1.807) is 24.4 Å². The highest BCUT2D eigenvalue weighted by atomic mass is 35.5. The second-order valence-corrected chi connectivity index (χ2v) is 4.37. The van der Waals surface area contributed by atoms with Gasteiger partial charge in [-0.3, -0.25) is 4.79 Å². The van der Waals surface area contributed by atoms with Crippen molar-refractivity contribution in [1.82, 2.24) is 10.3 Å².